The van der Waals surface area contributed by atoms with Crippen LogP contribution in [0, 0.1) is 0 Å². The van der Waals surface area contributed by atoms with Crippen LogP contribution in [-0.4, -0.2) is 67.1 Å². The summed E-state index contributed by atoms with van der Waals surface area (Å²) in [5.41, 5.74) is -0.243. The molecule has 0 radical (unpaired) electrons. The molecular formula is C17H28N2O7S. The van der Waals surface area contributed by atoms with Gasteiger partial charge < -0.3 is 19.1 Å². The molecule has 2 N–H and O–H groups in total. The van der Waals surface area contributed by atoms with Crippen LogP contribution in [0.2, 0.25) is 0 Å². The minimum absolute atomic E-state index is 0.0178. The zero-order valence-electron chi connectivity index (χ0n) is 16.3. The second-order valence-corrected chi connectivity index (χ2v) is 10.4. The molecule has 2 atom stereocenters. The van der Waals surface area contributed by atoms with E-state index >= 15 is 0 Å². The van der Waals surface area contributed by atoms with E-state index in [1.807, 2.05) is 0 Å². The predicted molar refractivity (Wildman–Crippen MR) is 98.3 cm³/mol. The number of aliphatic hydroxyl groups is 1. The third-order valence-corrected chi connectivity index (χ3v) is 7.62. The fraction of sp³-hybridized carbons (Fsp3) is 0.765. The third kappa shape index (κ3) is 4.68. The first-order valence-electron chi connectivity index (χ1n) is 8.76. The Kier molecular flexibility index (Phi) is 6.35. The quantitative estimate of drug-likeness (QED) is 0.685. The van der Waals surface area contributed by atoms with E-state index in [4.69, 9.17) is 14.0 Å². The Hall–Kier alpha value is -1.49. The van der Waals surface area contributed by atoms with Gasteiger partial charge in [0.2, 0.25) is 11.8 Å². The van der Waals surface area contributed by atoms with Crippen LogP contribution in [0.15, 0.2) is 10.6 Å². The molecule has 154 valence electrons. The molecule has 0 saturated carbocycles. The number of carbonyl (C=O) groups is 1. The van der Waals surface area contributed by atoms with Gasteiger partial charge in [-0.2, -0.15) is 0 Å². The van der Waals surface area contributed by atoms with Crippen molar-refractivity contribution in [1.82, 2.24) is 5.16 Å². The Balaban J connectivity index is 2.10. The van der Waals surface area contributed by atoms with Gasteiger partial charge in [-0.25, -0.2) is 8.42 Å². The second kappa shape index (κ2) is 7.86. The summed E-state index contributed by atoms with van der Waals surface area (Å²) in [4.78, 5) is 12.6. The monoisotopic (exact) mass is 404 g/mol. The summed E-state index contributed by atoms with van der Waals surface area (Å²) in [6.07, 6.45) is -1.29. The Morgan fingerprint density at radius 3 is 2.59 bits per heavy atom. The minimum Gasteiger partial charge on any atom is -0.392 e. The number of nitrogens with zero attached hydrogens (tertiary/aromatic N) is 1. The molecule has 1 aromatic heterocycles. The number of carbonyl (C=O) groups excluding carboxylic acids is 1. The molecule has 2 heterocycles. The number of anilines is 1. The van der Waals surface area contributed by atoms with Crippen molar-refractivity contribution in [1.29, 1.82) is 0 Å². The Morgan fingerprint density at radius 1 is 1.37 bits per heavy atom. The molecule has 1 aliphatic heterocycles. The van der Waals surface area contributed by atoms with Crippen LogP contribution in [0.25, 0.3) is 0 Å². The maximum absolute atomic E-state index is 12.7. The van der Waals surface area contributed by atoms with Crippen molar-refractivity contribution >= 4 is 21.6 Å². The number of hydrogen-bond acceptors (Lipinski definition) is 8. The number of sulfone groups is 1. The summed E-state index contributed by atoms with van der Waals surface area (Å²) < 4.78 is 39.4. The second-order valence-electron chi connectivity index (χ2n) is 7.79. The SMILES string of the molecule is C[C@H](O)C(C)(C)c1cc(NC(=O)C(C)(C)S(=O)(=O)C[C@H]2COCCO2)on1. The van der Waals surface area contributed by atoms with E-state index < -0.39 is 38.1 Å². The molecule has 2 rings (SSSR count). The molecular weight excluding hydrogens is 376 g/mol. The van der Waals surface area contributed by atoms with Gasteiger partial charge >= 0.3 is 0 Å². The van der Waals surface area contributed by atoms with Crippen LogP contribution in [0.3, 0.4) is 0 Å². The molecule has 10 heteroatoms. The fourth-order valence-corrected chi connectivity index (χ4v) is 3.77. The normalized spacial score (nSPS) is 20.3. The van der Waals surface area contributed by atoms with Crippen molar-refractivity contribution < 1.29 is 32.3 Å². The summed E-state index contributed by atoms with van der Waals surface area (Å²) in [7, 11) is -3.83. The number of rotatable bonds is 7. The summed E-state index contributed by atoms with van der Waals surface area (Å²) in [5.74, 6) is -1.04. The molecule has 0 spiro atoms. The van der Waals surface area contributed by atoms with Gasteiger partial charge in [0.1, 0.15) is 4.75 Å². The van der Waals surface area contributed by atoms with Gasteiger partial charge in [-0.05, 0) is 20.8 Å². The number of ether oxygens (including phenoxy) is 2. The third-order valence-electron chi connectivity index (χ3n) is 5.07. The van der Waals surface area contributed by atoms with E-state index in [-0.39, 0.29) is 18.2 Å². The van der Waals surface area contributed by atoms with E-state index in [0.29, 0.717) is 18.9 Å². The van der Waals surface area contributed by atoms with E-state index in [1.165, 1.54) is 19.9 Å². The molecule has 1 aliphatic rings. The van der Waals surface area contributed by atoms with E-state index in [2.05, 4.69) is 10.5 Å². The van der Waals surface area contributed by atoms with Gasteiger partial charge in [-0.1, -0.05) is 19.0 Å². The Labute approximate surface area is 159 Å². The number of nitrogens with one attached hydrogen (secondary N) is 1. The lowest BCUT2D eigenvalue weighted by Gasteiger charge is -2.28. The molecule has 27 heavy (non-hydrogen) atoms. The Bertz CT molecular complexity index is 762. The van der Waals surface area contributed by atoms with Crippen LogP contribution in [0.4, 0.5) is 5.88 Å². The minimum atomic E-state index is -3.83. The van der Waals surface area contributed by atoms with Crippen LogP contribution < -0.4 is 5.32 Å². The summed E-state index contributed by atoms with van der Waals surface area (Å²) in [6.45, 7) is 8.78. The molecule has 0 aliphatic carbocycles. The van der Waals surface area contributed by atoms with Crippen molar-refractivity contribution in [2.24, 2.45) is 0 Å². The molecule has 1 saturated heterocycles. The lowest BCUT2D eigenvalue weighted by Crippen LogP contribution is -2.48. The van der Waals surface area contributed by atoms with Crippen molar-refractivity contribution in [2.75, 3.05) is 30.9 Å². The van der Waals surface area contributed by atoms with Gasteiger partial charge in [0, 0.05) is 11.5 Å². The lowest BCUT2D eigenvalue weighted by atomic mass is 9.84. The number of hydrogen-bond donors (Lipinski definition) is 2. The molecule has 0 bridgehead atoms. The molecule has 0 unspecified atom stereocenters. The van der Waals surface area contributed by atoms with Crippen LogP contribution in [0.5, 0.6) is 0 Å². The van der Waals surface area contributed by atoms with Crippen LogP contribution in [0.1, 0.15) is 40.3 Å². The molecule has 1 amide bonds. The topological polar surface area (TPSA) is 128 Å². The van der Waals surface area contributed by atoms with Gasteiger partial charge in [0.05, 0.1) is 43.5 Å². The number of aliphatic hydroxyl groups excluding tert-OH is 1. The van der Waals surface area contributed by atoms with Crippen LogP contribution in [-0.2, 0) is 29.5 Å². The van der Waals surface area contributed by atoms with Gasteiger partial charge in [0.15, 0.2) is 9.84 Å². The first-order chi connectivity index (χ1) is 12.4. The van der Waals surface area contributed by atoms with Gasteiger partial charge in [-0.15, -0.1) is 0 Å². The smallest absolute Gasteiger partial charge is 0.247 e. The highest BCUT2D eigenvalue weighted by molar-refractivity contribution is 7.93. The maximum Gasteiger partial charge on any atom is 0.247 e. The van der Waals surface area contributed by atoms with Gasteiger partial charge in [-0.3, -0.25) is 10.1 Å². The molecule has 1 fully saturated rings. The highest BCUT2D eigenvalue weighted by Crippen LogP contribution is 2.29. The van der Waals surface area contributed by atoms with Crippen molar-refractivity contribution in [2.45, 2.75) is 57.0 Å². The van der Waals surface area contributed by atoms with Crippen molar-refractivity contribution in [3.05, 3.63) is 11.8 Å². The molecule has 0 aromatic carbocycles. The summed E-state index contributed by atoms with van der Waals surface area (Å²) in [6, 6.07) is 1.48. The largest absolute Gasteiger partial charge is 0.392 e. The highest BCUT2D eigenvalue weighted by atomic mass is 32.2. The molecule has 9 nitrogen and oxygen atoms in total. The van der Waals surface area contributed by atoms with E-state index in [1.54, 1.807) is 20.8 Å². The first-order valence-corrected chi connectivity index (χ1v) is 10.4. The van der Waals surface area contributed by atoms with Crippen LogP contribution >= 0.6 is 0 Å². The predicted octanol–water partition coefficient (Wildman–Crippen LogP) is 0.880. The lowest BCUT2D eigenvalue weighted by molar-refractivity contribution is -0.118. The van der Waals surface area contributed by atoms with Gasteiger partial charge in [0.25, 0.3) is 0 Å². The zero-order valence-corrected chi connectivity index (χ0v) is 17.1. The van der Waals surface area contributed by atoms with E-state index in [0.717, 1.165) is 0 Å². The first kappa shape index (κ1) is 21.8. The Morgan fingerprint density at radius 2 is 2.04 bits per heavy atom. The van der Waals surface area contributed by atoms with Crippen molar-refractivity contribution in [3.8, 4) is 0 Å². The number of amides is 1. The fourth-order valence-electron chi connectivity index (χ4n) is 2.34. The average molecular weight is 404 g/mol. The highest BCUT2D eigenvalue weighted by Gasteiger charge is 2.44. The van der Waals surface area contributed by atoms with Crippen molar-refractivity contribution in [3.63, 3.8) is 0 Å². The summed E-state index contributed by atoms with van der Waals surface area (Å²) in [5, 5.41) is 16.2. The summed E-state index contributed by atoms with van der Waals surface area (Å²) >= 11 is 0. The maximum atomic E-state index is 12.7. The zero-order chi connectivity index (χ0) is 20.5. The standard InChI is InChI=1S/C17H28N2O7S/c1-11(20)16(2,3)13-8-14(26-19-13)18-15(21)17(4,5)27(22,23)10-12-9-24-6-7-25-12/h8,11-12,20H,6-7,9-10H2,1-5H3,(H,18,21)/t11-,12+/m0/s1. The number of aromatic nitrogens is 1. The molecule has 1 aromatic rings. The average Bonchev–Trinajstić information content (AvgIpc) is 3.04. The van der Waals surface area contributed by atoms with E-state index in [9.17, 15) is 18.3 Å².